The average Bonchev–Trinajstić information content (AvgIpc) is 2.14. The standard InChI is InChI=1S/C11H12Cl2FN/c12-7-4-8(5-7)15-6-9-10(13)2-1-3-11(9)14/h1-3,7-8,15H,4-6H2. The summed E-state index contributed by atoms with van der Waals surface area (Å²) in [6, 6.07) is 5.14. The second-order valence-corrected chi connectivity index (χ2v) is 4.87. The van der Waals surface area contributed by atoms with Gasteiger partial charge in [-0.1, -0.05) is 17.7 Å². The zero-order chi connectivity index (χ0) is 10.8. The summed E-state index contributed by atoms with van der Waals surface area (Å²) < 4.78 is 13.3. The van der Waals surface area contributed by atoms with Gasteiger partial charge in [0.05, 0.1) is 0 Å². The number of benzene rings is 1. The number of hydrogen-bond donors (Lipinski definition) is 1. The van der Waals surface area contributed by atoms with E-state index in [0.717, 1.165) is 12.8 Å². The van der Waals surface area contributed by atoms with Gasteiger partial charge in [0.15, 0.2) is 0 Å². The molecule has 1 fully saturated rings. The van der Waals surface area contributed by atoms with E-state index >= 15 is 0 Å². The molecule has 1 saturated carbocycles. The predicted molar refractivity (Wildman–Crippen MR) is 60.9 cm³/mol. The van der Waals surface area contributed by atoms with Crippen molar-refractivity contribution in [2.24, 2.45) is 0 Å². The average molecular weight is 248 g/mol. The molecule has 0 unspecified atom stereocenters. The zero-order valence-corrected chi connectivity index (χ0v) is 9.65. The molecule has 1 aliphatic carbocycles. The molecule has 15 heavy (non-hydrogen) atoms. The molecule has 1 N–H and O–H groups in total. The summed E-state index contributed by atoms with van der Waals surface area (Å²) in [5.74, 6) is -0.253. The first-order chi connectivity index (χ1) is 7.16. The Morgan fingerprint density at radius 1 is 1.40 bits per heavy atom. The molecule has 0 amide bonds. The highest BCUT2D eigenvalue weighted by Gasteiger charge is 2.26. The van der Waals surface area contributed by atoms with Crippen LogP contribution in [0.25, 0.3) is 0 Å². The lowest BCUT2D eigenvalue weighted by molar-refractivity contribution is 0.343. The molecule has 0 radical (unpaired) electrons. The minimum absolute atomic E-state index is 0.253. The van der Waals surface area contributed by atoms with E-state index in [1.165, 1.54) is 6.07 Å². The first-order valence-corrected chi connectivity index (χ1v) is 5.78. The van der Waals surface area contributed by atoms with E-state index in [9.17, 15) is 4.39 Å². The highest BCUT2D eigenvalue weighted by molar-refractivity contribution is 6.31. The van der Waals surface area contributed by atoms with Crippen LogP contribution >= 0.6 is 23.2 Å². The summed E-state index contributed by atoms with van der Waals surface area (Å²) in [7, 11) is 0. The topological polar surface area (TPSA) is 12.0 Å². The van der Waals surface area contributed by atoms with Gasteiger partial charge in [0.25, 0.3) is 0 Å². The maximum atomic E-state index is 13.3. The Hall–Kier alpha value is -0.310. The van der Waals surface area contributed by atoms with E-state index in [-0.39, 0.29) is 11.2 Å². The molecule has 0 atom stereocenters. The molecule has 0 heterocycles. The summed E-state index contributed by atoms with van der Waals surface area (Å²) in [6.45, 7) is 0.472. The van der Waals surface area contributed by atoms with Crippen molar-refractivity contribution < 1.29 is 4.39 Å². The lowest BCUT2D eigenvalue weighted by Crippen LogP contribution is -2.41. The lowest BCUT2D eigenvalue weighted by atomic mass is 9.92. The van der Waals surface area contributed by atoms with E-state index < -0.39 is 0 Å². The third-order valence-electron chi connectivity index (χ3n) is 2.71. The van der Waals surface area contributed by atoms with Gasteiger partial charge < -0.3 is 5.32 Å². The van der Waals surface area contributed by atoms with Crippen molar-refractivity contribution in [1.82, 2.24) is 5.32 Å². The van der Waals surface area contributed by atoms with Crippen LogP contribution in [0.5, 0.6) is 0 Å². The van der Waals surface area contributed by atoms with Crippen LogP contribution in [0.15, 0.2) is 18.2 Å². The van der Waals surface area contributed by atoms with Crippen molar-refractivity contribution in [3.63, 3.8) is 0 Å². The zero-order valence-electron chi connectivity index (χ0n) is 8.14. The molecular weight excluding hydrogens is 236 g/mol. The lowest BCUT2D eigenvalue weighted by Gasteiger charge is -2.31. The minimum atomic E-state index is -0.253. The number of alkyl halides is 1. The molecule has 0 spiro atoms. The van der Waals surface area contributed by atoms with E-state index in [0.29, 0.717) is 23.2 Å². The van der Waals surface area contributed by atoms with Crippen LogP contribution in [-0.2, 0) is 6.54 Å². The molecule has 1 aromatic rings. The Kier molecular flexibility index (Phi) is 3.49. The number of nitrogens with one attached hydrogen (secondary N) is 1. The van der Waals surface area contributed by atoms with E-state index in [2.05, 4.69) is 5.32 Å². The summed E-state index contributed by atoms with van der Waals surface area (Å²) in [4.78, 5) is 0. The molecule has 0 bridgehead atoms. The summed E-state index contributed by atoms with van der Waals surface area (Å²) in [5.41, 5.74) is 0.539. The Bertz CT molecular complexity index is 330. The van der Waals surface area contributed by atoms with Crippen LogP contribution in [0.3, 0.4) is 0 Å². The third-order valence-corrected chi connectivity index (χ3v) is 3.42. The van der Waals surface area contributed by atoms with Crippen LogP contribution in [0.4, 0.5) is 4.39 Å². The Morgan fingerprint density at radius 3 is 2.73 bits per heavy atom. The van der Waals surface area contributed by atoms with Crippen LogP contribution in [-0.4, -0.2) is 11.4 Å². The van der Waals surface area contributed by atoms with Gasteiger partial charge in [-0.3, -0.25) is 0 Å². The van der Waals surface area contributed by atoms with Gasteiger partial charge >= 0.3 is 0 Å². The molecule has 2 rings (SSSR count). The second-order valence-electron chi connectivity index (χ2n) is 3.85. The Labute approximate surface area is 98.6 Å². The molecule has 0 aliphatic heterocycles. The second kappa shape index (κ2) is 4.69. The van der Waals surface area contributed by atoms with E-state index in [4.69, 9.17) is 23.2 Å². The summed E-state index contributed by atoms with van der Waals surface area (Å²) in [6.07, 6.45) is 1.90. The molecule has 82 valence electrons. The van der Waals surface area contributed by atoms with Gasteiger partial charge in [-0.25, -0.2) is 4.39 Å². The molecule has 4 heteroatoms. The first-order valence-electron chi connectivity index (χ1n) is 4.97. The monoisotopic (exact) mass is 247 g/mol. The van der Waals surface area contributed by atoms with Gasteiger partial charge in [0.2, 0.25) is 0 Å². The predicted octanol–water partition coefficient (Wildman–Crippen LogP) is 3.34. The third kappa shape index (κ3) is 2.63. The van der Waals surface area contributed by atoms with Crippen LogP contribution in [0, 0.1) is 5.82 Å². The largest absolute Gasteiger partial charge is 0.310 e. The van der Waals surface area contributed by atoms with E-state index in [1.807, 2.05) is 0 Å². The van der Waals surface area contributed by atoms with E-state index in [1.54, 1.807) is 12.1 Å². The molecule has 0 saturated heterocycles. The van der Waals surface area contributed by atoms with Crippen LogP contribution < -0.4 is 5.32 Å². The van der Waals surface area contributed by atoms with Crippen molar-refractivity contribution in [2.75, 3.05) is 0 Å². The minimum Gasteiger partial charge on any atom is -0.310 e. The van der Waals surface area contributed by atoms with Crippen molar-refractivity contribution in [3.8, 4) is 0 Å². The van der Waals surface area contributed by atoms with Gasteiger partial charge in [-0.05, 0) is 25.0 Å². The quantitative estimate of drug-likeness (QED) is 0.809. The molecule has 1 nitrogen and oxygen atoms in total. The van der Waals surface area contributed by atoms with Gasteiger partial charge in [-0.15, -0.1) is 11.6 Å². The van der Waals surface area contributed by atoms with Crippen LogP contribution in [0.2, 0.25) is 5.02 Å². The maximum absolute atomic E-state index is 13.3. The highest BCUT2D eigenvalue weighted by atomic mass is 35.5. The van der Waals surface area contributed by atoms with Gasteiger partial charge in [0, 0.05) is 28.5 Å². The normalized spacial score (nSPS) is 25.0. The summed E-state index contributed by atoms with van der Waals surface area (Å²) in [5, 5.41) is 3.99. The smallest absolute Gasteiger partial charge is 0.129 e. The fraction of sp³-hybridized carbons (Fsp3) is 0.455. The molecular formula is C11H12Cl2FN. The van der Waals surface area contributed by atoms with Gasteiger partial charge in [-0.2, -0.15) is 0 Å². The molecule has 1 aliphatic rings. The van der Waals surface area contributed by atoms with Crippen molar-refractivity contribution >= 4 is 23.2 Å². The molecule has 0 aromatic heterocycles. The van der Waals surface area contributed by atoms with Crippen molar-refractivity contribution in [1.29, 1.82) is 0 Å². The van der Waals surface area contributed by atoms with Crippen molar-refractivity contribution in [3.05, 3.63) is 34.6 Å². The SMILES string of the molecule is Fc1cccc(Cl)c1CNC1CC(Cl)C1. The van der Waals surface area contributed by atoms with Gasteiger partial charge in [0.1, 0.15) is 5.82 Å². The van der Waals surface area contributed by atoms with Crippen LogP contribution in [0.1, 0.15) is 18.4 Å². The summed E-state index contributed by atoms with van der Waals surface area (Å²) >= 11 is 11.7. The fourth-order valence-corrected chi connectivity index (χ4v) is 2.32. The Balaban J connectivity index is 1.93. The number of halogens is 3. The molecule has 1 aromatic carbocycles. The Morgan fingerprint density at radius 2 is 2.13 bits per heavy atom. The number of rotatable bonds is 3. The fourth-order valence-electron chi connectivity index (χ4n) is 1.66. The van der Waals surface area contributed by atoms with Crippen molar-refractivity contribution in [2.45, 2.75) is 30.8 Å². The first kappa shape index (κ1) is 11.2. The number of hydrogen-bond acceptors (Lipinski definition) is 1. The highest BCUT2D eigenvalue weighted by Crippen LogP contribution is 2.26. The maximum Gasteiger partial charge on any atom is 0.129 e.